The summed E-state index contributed by atoms with van der Waals surface area (Å²) in [5, 5.41) is 6.96. The lowest BCUT2D eigenvalue weighted by atomic mass is 10.3. The fraction of sp³-hybridized carbons (Fsp3) is 0.222. The summed E-state index contributed by atoms with van der Waals surface area (Å²) in [5.41, 5.74) is 0.781. The SMILES string of the molecule is COc1cccc(OCc2ccc(C(=O)NCc3ccn(C)n3)o2)c1. The number of aryl methyl sites for hydroxylation is 1. The molecule has 0 fully saturated rings. The molecule has 0 saturated heterocycles. The quantitative estimate of drug-likeness (QED) is 0.714. The van der Waals surface area contributed by atoms with Gasteiger partial charge in [0.05, 0.1) is 19.3 Å². The molecule has 0 aliphatic heterocycles. The molecule has 130 valence electrons. The van der Waals surface area contributed by atoms with E-state index in [1.807, 2.05) is 37.5 Å². The molecule has 0 unspecified atom stereocenters. The molecule has 0 atom stereocenters. The van der Waals surface area contributed by atoms with Crippen LogP contribution in [0.25, 0.3) is 0 Å². The van der Waals surface area contributed by atoms with Gasteiger partial charge < -0.3 is 19.2 Å². The maximum absolute atomic E-state index is 12.1. The van der Waals surface area contributed by atoms with Gasteiger partial charge in [0.25, 0.3) is 5.91 Å². The third-order valence-electron chi connectivity index (χ3n) is 3.51. The minimum absolute atomic E-state index is 0.223. The third kappa shape index (κ3) is 4.41. The number of methoxy groups -OCH3 is 1. The van der Waals surface area contributed by atoms with E-state index in [0.717, 1.165) is 5.69 Å². The van der Waals surface area contributed by atoms with Gasteiger partial charge >= 0.3 is 0 Å². The second kappa shape index (κ2) is 7.57. The highest BCUT2D eigenvalue weighted by Gasteiger charge is 2.12. The molecule has 0 spiro atoms. The van der Waals surface area contributed by atoms with Gasteiger partial charge in [0, 0.05) is 19.3 Å². The zero-order chi connectivity index (χ0) is 17.6. The molecule has 0 saturated carbocycles. The molecular weight excluding hydrogens is 322 g/mol. The molecule has 0 radical (unpaired) electrons. The Morgan fingerprint density at radius 2 is 2.08 bits per heavy atom. The van der Waals surface area contributed by atoms with Crippen molar-refractivity contribution in [2.75, 3.05) is 7.11 Å². The number of amides is 1. The van der Waals surface area contributed by atoms with Gasteiger partial charge in [-0.1, -0.05) is 6.07 Å². The van der Waals surface area contributed by atoms with E-state index in [4.69, 9.17) is 13.9 Å². The third-order valence-corrected chi connectivity index (χ3v) is 3.51. The van der Waals surface area contributed by atoms with Gasteiger partial charge in [-0.25, -0.2) is 0 Å². The lowest BCUT2D eigenvalue weighted by molar-refractivity contribution is 0.0918. The predicted molar refractivity (Wildman–Crippen MR) is 90.4 cm³/mol. The van der Waals surface area contributed by atoms with E-state index in [-0.39, 0.29) is 18.3 Å². The predicted octanol–water partition coefficient (Wildman–Crippen LogP) is 2.53. The van der Waals surface area contributed by atoms with Crippen LogP contribution >= 0.6 is 0 Å². The largest absolute Gasteiger partial charge is 0.497 e. The average molecular weight is 341 g/mol. The Hall–Kier alpha value is -3.22. The van der Waals surface area contributed by atoms with E-state index >= 15 is 0 Å². The molecule has 1 N–H and O–H groups in total. The van der Waals surface area contributed by atoms with E-state index in [9.17, 15) is 4.79 Å². The van der Waals surface area contributed by atoms with Crippen molar-refractivity contribution in [3.8, 4) is 11.5 Å². The average Bonchev–Trinajstić information content (AvgIpc) is 3.27. The number of ether oxygens (including phenoxy) is 2. The topological polar surface area (TPSA) is 78.5 Å². The Morgan fingerprint density at radius 1 is 1.24 bits per heavy atom. The first-order valence-electron chi connectivity index (χ1n) is 7.76. The Balaban J connectivity index is 1.53. The van der Waals surface area contributed by atoms with Gasteiger partial charge in [0.2, 0.25) is 0 Å². The highest BCUT2D eigenvalue weighted by atomic mass is 16.5. The molecule has 7 nitrogen and oxygen atoms in total. The molecule has 2 heterocycles. The van der Waals surface area contributed by atoms with E-state index in [0.29, 0.717) is 23.8 Å². The Morgan fingerprint density at radius 3 is 2.84 bits per heavy atom. The monoisotopic (exact) mass is 341 g/mol. The number of hydrogen-bond donors (Lipinski definition) is 1. The maximum Gasteiger partial charge on any atom is 0.287 e. The Bertz CT molecular complexity index is 853. The second-order valence-electron chi connectivity index (χ2n) is 5.40. The number of aromatic nitrogens is 2. The molecule has 0 bridgehead atoms. The molecule has 7 heteroatoms. The van der Waals surface area contributed by atoms with E-state index in [2.05, 4.69) is 10.4 Å². The number of furan rings is 1. The summed E-state index contributed by atoms with van der Waals surface area (Å²) in [4.78, 5) is 12.1. The normalized spacial score (nSPS) is 10.5. The van der Waals surface area contributed by atoms with Gasteiger partial charge in [-0.15, -0.1) is 0 Å². The second-order valence-corrected chi connectivity index (χ2v) is 5.40. The van der Waals surface area contributed by atoms with Crippen LogP contribution in [0.1, 0.15) is 22.0 Å². The fourth-order valence-corrected chi connectivity index (χ4v) is 2.24. The standard InChI is InChI=1S/C18H19N3O4/c1-21-9-8-13(20-21)11-19-18(22)17-7-6-16(25-17)12-24-15-5-3-4-14(10-15)23-2/h3-10H,11-12H2,1-2H3,(H,19,22). The summed E-state index contributed by atoms with van der Waals surface area (Å²) in [6.45, 7) is 0.566. The van der Waals surface area contributed by atoms with Crippen molar-refractivity contribution in [3.05, 3.63) is 65.9 Å². The number of rotatable bonds is 7. The van der Waals surface area contributed by atoms with Gasteiger partial charge in [-0.3, -0.25) is 9.48 Å². The van der Waals surface area contributed by atoms with Crippen molar-refractivity contribution in [3.63, 3.8) is 0 Å². The summed E-state index contributed by atoms with van der Waals surface area (Å²) >= 11 is 0. The lowest BCUT2D eigenvalue weighted by Gasteiger charge is -2.06. The van der Waals surface area contributed by atoms with Crippen molar-refractivity contribution in [1.29, 1.82) is 0 Å². The van der Waals surface area contributed by atoms with Crippen LogP contribution in [0.2, 0.25) is 0 Å². The molecule has 25 heavy (non-hydrogen) atoms. The molecule has 1 aromatic carbocycles. The zero-order valence-electron chi connectivity index (χ0n) is 14.1. The van der Waals surface area contributed by atoms with E-state index in [1.165, 1.54) is 0 Å². The maximum atomic E-state index is 12.1. The molecule has 1 amide bonds. The number of nitrogens with one attached hydrogen (secondary N) is 1. The summed E-state index contributed by atoms with van der Waals surface area (Å²) in [5.74, 6) is 1.88. The summed E-state index contributed by atoms with van der Waals surface area (Å²) < 4.78 is 18.0. The van der Waals surface area contributed by atoms with Crippen molar-refractivity contribution >= 4 is 5.91 Å². The van der Waals surface area contributed by atoms with Crippen molar-refractivity contribution in [2.45, 2.75) is 13.2 Å². The van der Waals surface area contributed by atoms with Crippen LogP contribution in [-0.4, -0.2) is 22.8 Å². The lowest BCUT2D eigenvalue weighted by Crippen LogP contribution is -2.22. The van der Waals surface area contributed by atoms with Crippen LogP contribution in [0.4, 0.5) is 0 Å². The van der Waals surface area contributed by atoms with Crippen LogP contribution < -0.4 is 14.8 Å². The molecule has 3 rings (SSSR count). The van der Waals surface area contributed by atoms with Gasteiger partial charge in [-0.05, 0) is 30.3 Å². The first-order valence-corrected chi connectivity index (χ1v) is 7.76. The van der Waals surface area contributed by atoms with Gasteiger partial charge in [0.15, 0.2) is 5.76 Å². The minimum Gasteiger partial charge on any atom is -0.497 e. The summed E-state index contributed by atoms with van der Waals surface area (Å²) in [7, 11) is 3.42. The summed E-state index contributed by atoms with van der Waals surface area (Å²) in [6, 6.07) is 12.5. The van der Waals surface area contributed by atoms with Crippen LogP contribution in [0.3, 0.4) is 0 Å². The van der Waals surface area contributed by atoms with Crippen LogP contribution in [-0.2, 0) is 20.2 Å². The Labute approximate surface area is 145 Å². The highest BCUT2D eigenvalue weighted by molar-refractivity contribution is 5.91. The molecular formula is C18H19N3O4. The van der Waals surface area contributed by atoms with Gasteiger partial charge in [0.1, 0.15) is 23.9 Å². The van der Waals surface area contributed by atoms with E-state index < -0.39 is 0 Å². The first kappa shape index (κ1) is 16.6. The highest BCUT2D eigenvalue weighted by Crippen LogP contribution is 2.20. The van der Waals surface area contributed by atoms with Crippen LogP contribution in [0.5, 0.6) is 11.5 Å². The molecule has 2 aromatic heterocycles. The number of nitrogens with zero attached hydrogens (tertiary/aromatic N) is 2. The minimum atomic E-state index is -0.293. The number of carbonyl (C=O) groups is 1. The zero-order valence-corrected chi connectivity index (χ0v) is 14.1. The van der Waals surface area contributed by atoms with Crippen molar-refractivity contribution in [1.82, 2.24) is 15.1 Å². The number of hydrogen-bond acceptors (Lipinski definition) is 5. The number of carbonyl (C=O) groups excluding carboxylic acids is 1. The van der Waals surface area contributed by atoms with E-state index in [1.54, 1.807) is 30.0 Å². The Kier molecular flexibility index (Phi) is 5.03. The fourth-order valence-electron chi connectivity index (χ4n) is 2.24. The van der Waals surface area contributed by atoms with Crippen LogP contribution in [0, 0.1) is 0 Å². The van der Waals surface area contributed by atoms with Crippen LogP contribution in [0.15, 0.2) is 53.1 Å². The molecule has 0 aliphatic carbocycles. The molecule has 0 aliphatic rings. The van der Waals surface area contributed by atoms with Gasteiger partial charge in [-0.2, -0.15) is 5.10 Å². The number of benzene rings is 1. The van der Waals surface area contributed by atoms with Crippen molar-refractivity contribution < 1.29 is 18.7 Å². The smallest absolute Gasteiger partial charge is 0.287 e. The first-order chi connectivity index (χ1) is 12.1. The summed E-state index contributed by atoms with van der Waals surface area (Å²) in [6.07, 6.45) is 1.82. The van der Waals surface area contributed by atoms with Crippen molar-refractivity contribution in [2.24, 2.45) is 7.05 Å². The molecule has 3 aromatic rings.